The van der Waals surface area contributed by atoms with Crippen LogP contribution in [0.5, 0.6) is 5.75 Å². The molecule has 1 heterocycles. The molecule has 1 fully saturated rings. The zero-order chi connectivity index (χ0) is 16.2. The lowest BCUT2D eigenvalue weighted by atomic mass is 10.2. The summed E-state index contributed by atoms with van der Waals surface area (Å²) < 4.78 is 5.10. The molecule has 23 heavy (non-hydrogen) atoms. The van der Waals surface area contributed by atoms with E-state index in [0.29, 0.717) is 6.54 Å². The molecule has 0 unspecified atom stereocenters. The van der Waals surface area contributed by atoms with E-state index in [0.717, 1.165) is 28.8 Å². The molecule has 2 aromatic carbocycles. The Balaban J connectivity index is 1.68. The number of benzene rings is 2. The lowest BCUT2D eigenvalue weighted by Gasteiger charge is -2.15. The fraction of sp³-hybridized carbons (Fsp3) is 0.176. The maximum atomic E-state index is 12.4. The highest BCUT2D eigenvalue weighted by Crippen LogP contribution is 2.29. The molecule has 3 rings (SSSR count). The number of carbonyl (C=O) groups is 2. The van der Waals surface area contributed by atoms with Crippen molar-refractivity contribution in [1.29, 1.82) is 0 Å². The van der Waals surface area contributed by atoms with Gasteiger partial charge in [0, 0.05) is 5.69 Å². The van der Waals surface area contributed by atoms with Crippen LogP contribution in [0, 0.1) is 0 Å². The van der Waals surface area contributed by atoms with Crippen LogP contribution in [0.25, 0.3) is 0 Å². The highest BCUT2D eigenvalue weighted by Gasteiger charge is 2.39. The zero-order valence-corrected chi connectivity index (χ0v) is 13.4. The fourth-order valence-electron chi connectivity index (χ4n) is 2.28. The van der Waals surface area contributed by atoms with Crippen LogP contribution >= 0.6 is 11.8 Å². The van der Waals surface area contributed by atoms with Crippen LogP contribution in [0.4, 0.5) is 10.5 Å². The summed E-state index contributed by atoms with van der Waals surface area (Å²) in [6.45, 7) is 0.298. The standard InChI is InChI=1S/C17H16N2O3S/c1-22-14-9-7-13(8-10-14)18-15-16(20)19(17(21)23-15)11-12-5-3-2-4-6-12/h2-10,15,18H,11H2,1H3/t15-/m1/s1. The Morgan fingerprint density at radius 2 is 1.78 bits per heavy atom. The van der Waals surface area contributed by atoms with Gasteiger partial charge in [0.25, 0.3) is 11.1 Å². The number of nitrogens with zero attached hydrogens (tertiary/aromatic N) is 1. The molecule has 6 heteroatoms. The summed E-state index contributed by atoms with van der Waals surface area (Å²) in [4.78, 5) is 25.8. The number of carbonyl (C=O) groups excluding carboxylic acids is 2. The van der Waals surface area contributed by atoms with Gasteiger partial charge in [0.2, 0.25) is 0 Å². The van der Waals surface area contributed by atoms with E-state index in [1.807, 2.05) is 42.5 Å². The van der Waals surface area contributed by atoms with Gasteiger partial charge < -0.3 is 10.1 Å². The van der Waals surface area contributed by atoms with Crippen molar-refractivity contribution in [3.8, 4) is 5.75 Å². The van der Waals surface area contributed by atoms with Gasteiger partial charge in [-0.05, 0) is 41.6 Å². The van der Waals surface area contributed by atoms with Gasteiger partial charge in [-0.1, -0.05) is 30.3 Å². The number of anilines is 1. The summed E-state index contributed by atoms with van der Waals surface area (Å²) in [5, 5.41) is 2.25. The number of hydrogen-bond acceptors (Lipinski definition) is 5. The van der Waals surface area contributed by atoms with Crippen LogP contribution in [0.1, 0.15) is 5.56 Å². The molecule has 0 spiro atoms. The molecule has 2 amide bonds. The Labute approximate surface area is 138 Å². The second-order valence-electron chi connectivity index (χ2n) is 5.05. The predicted molar refractivity (Wildman–Crippen MR) is 90.4 cm³/mol. The SMILES string of the molecule is COc1ccc(N[C@@H]2SC(=O)N(Cc3ccccc3)C2=O)cc1. The van der Waals surface area contributed by atoms with Crippen molar-refractivity contribution in [2.75, 3.05) is 12.4 Å². The number of nitrogens with one attached hydrogen (secondary N) is 1. The van der Waals surface area contributed by atoms with Crippen molar-refractivity contribution in [3.63, 3.8) is 0 Å². The topological polar surface area (TPSA) is 58.6 Å². The normalized spacial score (nSPS) is 17.4. The first kappa shape index (κ1) is 15.4. The van der Waals surface area contributed by atoms with Crippen molar-refractivity contribution < 1.29 is 14.3 Å². The third kappa shape index (κ3) is 3.48. The highest BCUT2D eigenvalue weighted by atomic mass is 32.2. The Kier molecular flexibility index (Phi) is 4.52. The number of thioether (sulfide) groups is 1. The molecule has 0 bridgehead atoms. The number of amides is 2. The Morgan fingerprint density at radius 3 is 2.43 bits per heavy atom. The van der Waals surface area contributed by atoms with Gasteiger partial charge >= 0.3 is 0 Å². The van der Waals surface area contributed by atoms with Crippen LogP contribution < -0.4 is 10.1 Å². The molecule has 1 aliphatic rings. The summed E-state index contributed by atoms with van der Waals surface area (Å²) in [5.41, 5.74) is 1.70. The molecule has 0 aromatic heterocycles. The number of hydrogen-bond donors (Lipinski definition) is 1. The second-order valence-corrected chi connectivity index (χ2v) is 6.10. The van der Waals surface area contributed by atoms with E-state index >= 15 is 0 Å². The van der Waals surface area contributed by atoms with Crippen LogP contribution in [-0.4, -0.2) is 28.5 Å². The monoisotopic (exact) mass is 328 g/mol. The minimum atomic E-state index is -0.598. The molecule has 1 atom stereocenters. The van der Waals surface area contributed by atoms with E-state index in [2.05, 4.69) is 5.32 Å². The summed E-state index contributed by atoms with van der Waals surface area (Å²) >= 11 is 1.00. The van der Waals surface area contributed by atoms with E-state index in [-0.39, 0.29) is 11.1 Å². The van der Waals surface area contributed by atoms with E-state index in [1.54, 1.807) is 19.2 Å². The molecule has 0 saturated carbocycles. The fourth-order valence-corrected chi connectivity index (χ4v) is 3.19. The lowest BCUT2D eigenvalue weighted by molar-refractivity contribution is -0.126. The first-order valence-corrected chi connectivity index (χ1v) is 8.02. The molecule has 5 nitrogen and oxygen atoms in total. The van der Waals surface area contributed by atoms with Gasteiger partial charge in [-0.25, -0.2) is 0 Å². The van der Waals surface area contributed by atoms with Crippen molar-refractivity contribution in [1.82, 2.24) is 4.90 Å². The molecule has 0 aliphatic carbocycles. The minimum absolute atomic E-state index is 0.223. The van der Waals surface area contributed by atoms with Crippen LogP contribution in [-0.2, 0) is 11.3 Å². The summed E-state index contributed by atoms with van der Waals surface area (Å²) in [6, 6.07) is 16.7. The molecule has 2 aromatic rings. The predicted octanol–water partition coefficient (Wildman–Crippen LogP) is 3.33. The van der Waals surface area contributed by atoms with Crippen molar-refractivity contribution in [3.05, 3.63) is 60.2 Å². The average molecular weight is 328 g/mol. The maximum absolute atomic E-state index is 12.4. The van der Waals surface area contributed by atoms with Crippen LogP contribution in [0.15, 0.2) is 54.6 Å². The number of methoxy groups -OCH3 is 1. The van der Waals surface area contributed by atoms with Crippen molar-refractivity contribution >= 4 is 28.6 Å². The van der Waals surface area contributed by atoms with Crippen LogP contribution in [0.3, 0.4) is 0 Å². The summed E-state index contributed by atoms with van der Waals surface area (Å²) in [7, 11) is 1.60. The van der Waals surface area contributed by atoms with Crippen LogP contribution in [0.2, 0.25) is 0 Å². The van der Waals surface area contributed by atoms with E-state index in [9.17, 15) is 9.59 Å². The van der Waals surface area contributed by atoms with Gasteiger partial charge in [0.1, 0.15) is 5.75 Å². The Bertz CT molecular complexity index is 704. The molecular weight excluding hydrogens is 312 g/mol. The molecule has 0 radical (unpaired) electrons. The number of rotatable bonds is 5. The third-order valence-electron chi connectivity index (χ3n) is 3.50. The molecule has 1 saturated heterocycles. The quantitative estimate of drug-likeness (QED) is 0.912. The molecule has 1 N–H and O–H groups in total. The first-order chi connectivity index (χ1) is 11.2. The van der Waals surface area contributed by atoms with Gasteiger partial charge in [-0.15, -0.1) is 0 Å². The number of ether oxygens (including phenoxy) is 1. The van der Waals surface area contributed by atoms with E-state index in [4.69, 9.17) is 4.74 Å². The van der Waals surface area contributed by atoms with Gasteiger partial charge in [0.15, 0.2) is 5.37 Å². The highest BCUT2D eigenvalue weighted by molar-refractivity contribution is 8.15. The van der Waals surface area contributed by atoms with Gasteiger partial charge in [0.05, 0.1) is 13.7 Å². The smallest absolute Gasteiger partial charge is 0.291 e. The van der Waals surface area contributed by atoms with E-state index in [1.165, 1.54) is 4.90 Å². The average Bonchev–Trinajstić information content (AvgIpc) is 2.84. The second kappa shape index (κ2) is 6.75. The number of imide groups is 1. The summed E-state index contributed by atoms with van der Waals surface area (Å²) in [5.74, 6) is 0.516. The minimum Gasteiger partial charge on any atom is -0.497 e. The Morgan fingerprint density at radius 1 is 1.09 bits per heavy atom. The maximum Gasteiger partial charge on any atom is 0.291 e. The molecule has 1 aliphatic heterocycles. The molecular formula is C17H16N2O3S. The largest absolute Gasteiger partial charge is 0.497 e. The molecule has 118 valence electrons. The van der Waals surface area contributed by atoms with E-state index < -0.39 is 5.37 Å². The van der Waals surface area contributed by atoms with Gasteiger partial charge in [-0.2, -0.15) is 0 Å². The summed E-state index contributed by atoms with van der Waals surface area (Å²) in [6.07, 6.45) is 0. The van der Waals surface area contributed by atoms with Crippen molar-refractivity contribution in [2.24, 2.45) is 0 Å². The first-order valence-electron chi connectivity index (χ1n) is 7.14. The van der Waals surface area contributed by atoms with Gasteiger partial charge in [-0.3, -0.25) is 14.5 Å². The zero-order valence-electron chi connectivity index (χ0n) is 12.6. The van der Waals surface area contributed by atoms with Crippen molar-refractivity contribution in [2.45, 2.75) is 11.9 Å². The Hall–Kier alpha value is -2.47. The third-order valence-corrected chi connectivity index (χ3v) is 4.48. The lowest BCUT2D eigenvalue weighted by Crippen LogP contribution is -2.33.